The molecule has 0 spiro atoms. The Labute approximate surface area is 154 Å². The average Bonchev–Trinajstić information content (AvgIpc) is 2.86. The van der Waals surface area contributed by atoms with Gasteiger partial charge in [-0.1, -0.05) is 46.4 Å². The van der Waals surface area contributed by atoms with Crippen LogP contribution in [0.2, 0.25) is 10.0 Å². The van der Waals surface area contributed by atoms with Gasteiger partial charge in [0.05, 0.1) is 27.0 Å². The Balaban J connectivity index is 2.06. The molecule has 1 aromatic heterocycles. The number of nitrogens with zero attached hydrogens (tertiary/aromatic N) is 2. The fraction of sp³-hybridized carbons (Fsp3) is 0.0588. The van der Waals surface area contributed by atoms with E-state index in [1.807, 2.05) is 30.3 Å². The van der Waals surface area contributed by atoms with Crippen molar-refractivity contribution in [3.05, 3.63) is 80.2 Å². The van der Waals surface area contributed by atoms with Crippen LogP contribution in [-0.4, -0.2) is 14.8 Å². The van der Waals surface area contributed by atoms with Crippen LogP contribution in [-0.2, 0) is 12.6 Å². The molecule has 0 aliphatic heterocycles. The lowest BCUT2D eigenvalue weighted by Crippen LogP contribution is -2.19. The molecule has 0 atom stereocenters. The normalized spacial score (nSPS) is 11.7. The zero-order valence-electron chi connectivity index (χ0n) is 12.6. The molecule has 0 amide bonds. The van der Waals surface area contributed by atoms with Gasteiger partial charge in [0.2, 0.25) is 0 Å². The lowest BCUT2D eigenvalue weighted by molar-refractivity contribution is 0.835. The van der Waals surface area contributed by atoms with Crippen molar-refractivity contribution in [1.29, 1.82) is 0 Å². The summed E-state index contributed by atoms with van der Waals surface area (Å²) in [6.45, 7) is 1.78. The van der Waals surface area contributed by atoms with Gasteiger partial charge in [-0.25, -0.2) is 4.68 Å². The second kappa shape index (κ2) is 6.81. The zero-order valence-corrected chi connectivity index (χ0v) is 14.9. The van der Waals surface area contributed by atoms with Crippen molar-refractivity contribution in [2.75, 3.05) is 0 Å². The highest BCUT2D eigenvalue weighted by atomic mass is 35.5. The molecule has 0 aliphatic carbocycles. The van der Waals surface area contributed by atoms with Crippen LogP contribution in [0.3, 0.4) is 0 Å². The molecule has 1 N–H and O–H groups in total. The molecule has 0 unspecified atom stereocenters. The number of benzene rings is 2. The fourth-order valence-electron chi connectivity index (χ4n) is 2.29. The Morgan fingerprint density at radius 3 is 2.50 bits per heavy atom. The number of rotatable bonds is 3. The first-order valence-corrected chi connectivity index (χ1v) is 8.22. The molecule has 7 heteroatoms. The first-order chi connectivity index (χ1) is 11.5. The maximum Gasteiger partial charge on any atom is 0.278 e. The number of hydrogen-bond acceptors (Lipinski definition) is 3. The fourth-order valence-corrected chi connectivity index (χ4v) is 2.92. The van der Waals surface area contributed by atoms with Gasteiger partial charge in [-0.3, -0.25) is 14.9 Å². The van der Waals surface area contributed by atoms with Gasteiger partial charge in [-0.05, 0) is 37.3 Å². The molecule has 122 valence electrons. The summed E-state index contributed by atoms with van der Waals surface area (Å²) in [5.74, 6) is 0. The van der Waals surface area contributed by atoms with E-state index < -0.39 is 0 Å². The molecule has 1 heterocycles. The monoisotopic (exact) mass is 376 g/mol. The van der Waals surface area contributed by atoms with Crippen LogP contribution in [0.1, 0.15) is 11.3 Å². The van der Waals surface area contributed by atoms with Gasteiger partial charge in [-0.2, -0.15) is 0 Å². The van der Waals surface area contributed by atoms with Gasteiger partial charge < -0.3 is 12.6 Å². The molecule has 3 rings (SSSR count). The van der Waals surface area contributed by atoms with Crippen molar-refractivity contribution in [2.45, 2.75) is 6.92 Å². The predicted octanol–water partition coefficient (Wildman–Crippen LogP) is 4.41. The van der Waals surface area contributed by atoms with Crippen molar-refractivity contribution in [2.24, 2.45) is 4.99 Å². The Morgan fingerprint density at radius 2 is 1.83 bits per heavy atom. The first kappa shape index (κ1) is 16.8. The quantitative estimate of drug-likeness (QED) is 0.418. The topological polar surface area (TPSA) is 50.1 Å². The van der Waals surface area contributed by atoms with E-state index in [9.17, 15) is 4.79 Å². The second-order valence-corrected chi connectivity index (χ2v) is 6.30. The Hall–Kier alpha value is -2.08. The molecule has 4 nitrogen and oxygen atoms in total. The maximum atomic E-state index is 12.7. The number of aromatic nitrogens is 2. The van der Waals surface area contributed by atoms with Crippen LogP contribution < -0.4 is 5.56 Å². The first-order valence-electron chi connectivity index (χ1n) is 7.05. The highest BCUT2D eigenvalue weighted by Crippen LogP contribution is 2.27. The number of H-pyrrole nitrogens is 1. The van der Waals surface area contributed by atoms with Crippen molar-refractivity contribution < 1.29 is 0 Å². The number of aromatic amines is 1. The Bertz CT molecular complexity index is 977. The third kappa shape index (κ3) is 3.24. The van der Waals surface area contributed by atoms with E-state index in [1.165, 1.54) is 4.68 Å². The number of hydrogen-bond donors (Lipinski definition) is 1. The lowest BCUT2D eigenvalue weighted by Gasteiger charge is -2.09. The van der Waals surface area contributed by atoms with Gasteiger partial charge in [0.15, 0.2) is 0 Å². The number of aliphatic imine (C=N–C) groups is 1. The Morgan fingerprint density at radius 1 is 1.12 bits per heavy atom. The van der Waals surface area contributed by atoms with E-state index in [-0.39, 0.29) is 10.6 Å². The molecule has 0 radical (unpaired) electrons. The van der Waals surface area contributed by atoms with Crippen LogP contribution in [0.15, 0.2) is 58.3 Å². The highest BCUT2D eigenvalue weighted by molar-refractivity contribution is 7.78. The number of nitrogens with one attached hydrogen (secondary N) is 1. The van der Waals surface area contributed by atoms with E-state index in [1.54, 1.807) is 25.1 Å². The summed E-state index contributed by atoms with van der Waals surface area (Å²) in [6, 6.07) is 14.2. The molecular formula is C17H12Cl2N3OS-. The molecule has 0 fully saturated rings. The van der Waals surface area contributed by atoms with Gasteiger partial charge in [-0.15, -0.1) is 0 Å². The maximum absolute atomic E-state index is 12.7. The largest absolute Gasteiger partial charge is 0.759 e. The smallest absolute Gasteiger partial charge is 0.278 e. The lowest BCUT2D eigenvalue weighted by atomic mass is 10.2. The van der Waals surface area contributed by atoms with Crippen molar-refractivity contribution in [3.63, 3.8) is 0 Å². The van der Waals surface area contributed by atoms with E-state index >= 15 is 0 Å². The van der Waals surface area contributed by atoms with Crippen LogP contribution in [0.25, 0.3) is 5.69 Å². The number of halogens is 2. The van der Waals surface area contributed by atoms with Gasteiger partial charge in [0.25, 0.3) is 5.56 Å². The molecule has 24 heavy (non-hydrogen) atoms. The summed E-state index contributed by atoms with van der Waals surface area (Å²) in [6.07, 6.45) is 0. The minimum Gasteiger partial charge on any atom is -0.759 e. The van der Waals surface area contributed by atoms with E-state index in [0.717, 1.165) is 5.69 Å². The van der Waals surface area contributed by atoms with Crippen LogP contribution in [0, 0.1) is 6.92 Å². The molecule has 0 saturated heterocycles. The summed E-state index contributed by atoms with van der Waals surface area (Å²) < 4.78 is 1.45. The number of aryl methyl sites for hydroxylation is 1. The standard InChI is InChI=1S/C17H13Cl2N3OS/c1-10-15(16(24)20-11-7-8-13(18)14(19)9-11)17(23)22(21-10)12-5-3-2-4-6-12/h2-9,21H,1H3,(H,20,24)/p-1. The van der Waals surface area contributed by atoms with E-state index in [0.29, 0.717) is 27.0 Å². The second-order valence-electron chi connectivity index (χ2n) is 5.10. The summed E-state index contributed by atoms with van der Waals surface area (Å²) in [5.41, 5.74) is 2.04. The summed E-state index contributed by atoms with van der Waals surface area (Å²) in [7, 11) is 0. The summed E-state index contributed by atoms with van der Waals surface area (Å²) >= 11 is 17.2. The SMILES string of the molecule is Cc1[nH]n(-c2ccccc2)c(=O)c1C([S-])=Nc1ccc(Cl)c(Cl)c1. The van der Waals surface area contributed by atoms with E-state index in [2.05, 4.69) is 10.1 Å². The van der Waals surface area contributed by atoms with Crippen LogP contribution in [0.5, 0.6) is 0 Å². The van der Waals surface area contributed by atoms with Crippen molar-refractivity contribution >= 4 is 46.6 Å². The molecule has 3 aromatic rings. The Kier molecular flexibility index (Phi) is 4.76. The summed E-state index contributed by atoms with van der Waals surface area (Å²) in [4.78, 5) is 17.0. The van der Waals surface area contributed by atoms with Gasteiger partial charge in [0.1, 0.15) is 0 Å². The predicted molar refractivity (Wildman–Crippen MR) is 101 cm³/mol. The van der Waals surface area contributed by atoms with Crippen molar-refractivity contribution in [1.82, 2.24) is 9.78 Å². The highest BCUT2D eigenvalue weighted by Gasteiger charge is 2.11. The van der Waals surface area contributed by atoms with Gasteiger partial charge >= 0.3 is 0 Å². The average molecular weight is 377 g/mol. The van der Waals surface area contributed by atoms with E-state index in [4.69, 9.17) is 35.8 Å². The summed E-state index contributed by atoms with van der Waals surface area (Å²) in [5, 5.41) is 4.04. The molecule has 0 saturated carbocycles. The number of para-hydroxylation sites is 1. The molecule has 2 aromatic carbocycles. The van der Waals surface area contributed by atoms with Gasteiger partial charge in [0, 0.05) is 5.69 Å². The molecular weight excluding hydrogens is 365 g/mol. The van der Waals surface area contributed by atoms with Crippen LogP contribution >= 0.6 is 23.2 Å². The van der Waals surface area contributed by atoms with Crippen LogP contribution in [0.4, 0.5) is 5.69 Å². The third-order valence-electron chi connectivity index (χ3n) is 3.43. The molecule has 0 bridgehead atoms. The zero-order chi connectivity index (χ0) is 17.3. The van der Waals surface area contributed by atoms with Crippen molar-refractivity contribution in [3.8, 4) is 5.69 Å². The third-order valence-corrected chi connectivity index (χ3v) is 4.47. The minimum atomic E-state index is -0.243. The minimum absolute atomic E-state index is 0.196. The molecule has 0 aliphatic rings.